The standard InChI is InChI=1S/C64H108O6/c1-4-7-10-13-16-19-22-25-27-28-29-30-31-32-33-34-35-36-38-39-42-45-48-51-54-57-63(66)69-60-61(59-68-62(65)56-53-50-47-44-41-24-21-18-15-12-9-6-3)70-64(67)58-55-52-49-46-43-40-37-26-23-20-17-14-11-8-5-2/h7-8,10-11,16-21,25-27,29-30,37,61H,4-6,9,12-15,22-24,28,31-36,38-60H2,1-3H3/b10-7-,11-8-,19-16-,20-17-,21-18-,27-25-,30-29-,37-26-. The quantitative estimate of drug-likeness (QED) is 0.0262. The van der Waals surface area contributed by atoms with E-state index >= 15 is 0 Å². The molecule has 70 heavy (non-hydrogen) atoms. The second kappa shape index (κ2) is 57.9. The Hall–Kier alpha value is -3.67. The van der Waals surface area contributed by atoms with Gasteiger partial charge in [-0.3, -0.25) is 14.4 Å². The second-order valence-electron chi connectivity index (χ2n) is 19.1. The third-order valence-electron chi connectivity index (χ3n) is 12.3. The Morgan fingerprint density at radius 2 is 0.557 bits per heavy atom. The first-order valence-corrected chi connectivity index (χ1v) is 29.2. The van der Waals surface area contributed by atoms with Gasteiger partial charge in [0.25, 0.3) is 0 Å². The Balaban J connectivity index is 4.30. The van der Waals surface area contributed by atoms with Crippen LogP contribution in [0.5, 0.6) is 0 Å². The number of rotatable bonds is 52. The molecule has 0 bridgehead atoms. The third kappa shape index (κ3) is 55.3. The van der Waals surface area contributed by atoms with Crippen molar-refractivity contribution in [3.63, 3.8) is 0 Å². The van der Waals surface area contributed by atoms with Gasteiger partial charge in [-0.05, 0) is 116 Å². The van der Waals surface area contributed by atoms with Crippen LogP contribution >= 0.6 is 0 Å². The van der Waals surface area contributed by atoms with Gasteiger partial charge in [0.2, 0.25) is 0 Å². The molecule has 6 nitrogen and oxygen atoms in total. The smallest absolute Gasteiger partial charge is 0.306 e. The maximum Gasteiger partial charge on any atom is 0.306 e. The SMILES string of the molecule is CC/C=C\C/C=C\C/C=C\C/C=C\CCCCCCCCCCCCCCC(=O)OCC(COC(=O)CCCCCCC/C=C\CCCCC)OC(=O)CCCCCCC/C=C\C/C=C\C/C=C\CC. The molecule has 0 saturated heterocycles. The zero-order valence-corrected chi connectivity index (χ0v) is 45.8. The summed E-state index contributed by atoms with van der Waals surface area (Å²) in [4.78, 5) is 38.1. The van der Waals surface area contributed by atoms with Crippen LogP contribution in [-0.2, 0) is 28.6 Å². The maximum atomic E-state index is 12.8. The van der Waals surface area contributed by atoms with Crippen molar-refractivity contribution in [3.8, 4) is 0 Å². The van der Waals surface area contributed by atoms with Crippen LogP contribution in [0.1, 0.15) is 271 Å². The molecule has 1 atom stereocenters. The lowest BCUT2D eigenvalue weighted by molar-refractivity contribution is -0.167. The third-order valence-corrected chi connectivity index (χ3v) is 12.3. The number of unbranched alkanes of at least 4 members (excludes halogenated alkanes) is 25. The highest BCUT2D eigenvalue weighted by Gasteiger charge is 2.19. The van der Waals surface area contributed by atoms with E-state index in [0.29, 0.717) is 19.3 Å². The molecule has 0 aliphatic carbocycles. The van der Waals surface area contributed by atoms with Crippen LogP contribution in [0.3, 0.4) is 0 Å². The average Bonchev–Trinajstić information content (AvgIpc) is 3.36. The van der Waals surface area contributed by atoms with E-state index in [1.165, 1.54) is 103 Å². The van der Waals surface area contributed by atoms with Crippen molar-refractivity contribution in [2.24, 2.45) is 0 Å². The summed E-state index contributed by atoms with van der Waals surface area (Å²) in [6.45, 7) is 6.38. The van der Waals surface area contributed by atoms with Gasteiger partial charge >= 0.3 is 17.9 Å². The molecule has 0 amide bonds. The fourth-order valence-electron chi connectivity index (χ4n) is 7.97. The van der Waals surface area contributed by atoms with Gasteiger partial charge in [0.1, 0.15) is 13.2 Å². The zero-order valence-electron chi connectivity index (χ0n) is 45.8. The van der Waals surface area contributed by atoms with E-state index in [1.54, 1.807) is 0 Å². The number of hydrogen-bond donors (Lipinski definition) is 0. The summed E-state index contributed by atoms with van der Waals surface area (Å²) < 4.78 is 16.8. The topological polar surface area (TPSA) is 78.9 Å². The van der Waals surface area contributed by atoms with Gasteiger partial charge < -0.3 is 14.2 Å². The molecule has 400 valence electrons. The number of ether oxygens (including phenoxy) is 3. The largest absolute Gasteiger partial charge is 0.462 e. The summed E-state index contributed by atoms with van der Waals surface area (Å²) in [6, 6.07) is 0. The summed E-state index contributed by atoms with van der Waals surface area (Å²) in [5.74, 6) is -0.913. The summed E-state index contributed by atoms with van der Waals surface area (Å²) in [6.07, 6.45) is 76.9. The fourth-order valence-corrected chi connectivity index (χ4v) is 7.97. The lowest BCUT2D eigenvalue weighted by Crippen LogP contribution is -2.30. The predicted molar refractivity (Wildman–Crippen MR) is 302 cm³/mol. The molecule has 0 heterocycles. The lowest BCUT2D eigenvalue weighted by atomic mass is 10.0. The van der Waals surface area contributed by atoms with Crippen molar-refractivity contribution in [2.45, 2.75) is 277 Å². The van der Waals surface area contributed by atoms with Gasteiger partial charge in [-0.1, -0.05) is 234 Å². The average molecular weight is 974 g/mol. The van der Waals surface area contributed by atoms with Crippen LogP contribution in [0.25, 0.3) is 0 Å². The Kier molecular flexibility index (Phi) is 54.9. The molecule has 0 aromatic rings. The van der Waals surface area contributed by atoms with Crippen LogP contribution < -0.4 is 0 Å². The second-order valence-corrected chi connectivity index (χ2v) is 19.1. The summed E-state index contributed by atoms with van der Waals surface area (Å²) in [5.41, 5.74) is 0. The normalized spacial score (nSPS) is 12.8. The molecule has 0 fully saturated rings. The van der Waals surface area contributed by atoms with Crippen molar-refractivity contribution in [2.75, 3.05) is 13.2 Å². The number of esters is 3. The highest BCUT2D eigenvalue weighted by atomic mass is 16.6. The summed E-state index contributed by atoms with van der Waals surface area (Å²) in [5, 5.41) is 0. The summed E-state index contributed by atoms with van der Waals surface area (Å²) in [7, 11) is 0. The number of carbonyl (C=O) groups is 3. The Morgan fingerprint density at radius 3 is 0.886 bits per heavy atom. The summed E-state index contributed by atoms with van der Waals surface area (Å²) >= 11 is 0. The van der Waals surface area contributed by atoms with E-state index in [9.17, 15) is 14.4 Å². The number of carbonyl (C=O) groups excluding carboxylic acids is 3. The highest BCUT2D eigenvalue weighted by molar-refractivity contribution is 5.71. The fraction of sp³-hybridized carbons (Fsp3) is 0.703. The Morgan fingerprint density at radius 1 is 0.300 bits per heavy atom. The molecule has 0 aromatic carbocycles. The van der Waals surface area contributed by atoms with Crippen molar-refractivity contribution < 1.29 is 28.6 Å². The van der Waals surface area contributed by atoms with Crippen molar-refractivity contribution >= 4 is 17.9 Å². The van der Waals surface area contributed by atoms with Crippen LogP contribution in [0.15, 0.2) is 97.2 Å². The number of hydrogen-bond acceptors (Lipinski definition) is 6. The van der Waals surface area contributed by atoms with Gasteiger partial charge in [-0.2, -0.15) is 0 Å². The zero-order chi connectivity index (χ0) is 50.7. The van der Waals surface area contributed by atoms with Crippen molar-refractivity contribution in [1.82, 2.24) is 0 Å². The van der Waals surface area contributed by atoms with E-state index in [0.717, 1.165) is 128 Å². The van der Waals surface area contributed by atoms with E-state index in [1.807, 2.05) is 0 Å². The van der Waals surface area contributed by atoms with E-state index in [4.69, 9.17) is 14.2 Å². The first kappa shape index (κ1) is 66.3. The predicted octanol–water partition coefficient (Wildman–Crippen LogP) is 19.7. The first-order chi connectivity index (χ1) is 34.5. The molecule has 0 aliphatic rings. The minimum atomic E-state index is -0.791. The van der Waals surface area contributed by atoms with Crippen LogP contribution in [0.2, 0.25) is 0 Å². The van der Waals surface area contributed by atoms with Gasteiger partial charge in [0.15, 0.2) is 6.10 Å². The van der Waals surface area contributed by atoms with E-state index in [-0.39, 0.29) is 31.1 Å². The highest BCUT2D eigenvalue weighted by Crippen LogP contribution is 2.15. The monoisotopic (exact) mass is 973 g/mol. The van der Waals surface area contributed by atoms with E-state index in [2.05, 4.69) is 118 Å². The molecule has 0 N–H and O–H groups in total. The maximum absolute atomic E-state index is 12.8. The van der Waals surface area contributed by atoms with Gasteiger partial charge in [-0.25, -0.2) is 0 Å². The molecule has 6 heteroatoms. The molecule has 0 saturated carbocycles. The molecule has 0 rings (SSSR count). The van der Waals surface area contributed by atoms with Crippen molar-refractivity contribution in [1.29, 1.82) is 0 Å². The van der Waals surface area contributed by atoms with Gasteiger partial charge in [0, 0.05) is 19.3 Å². The van der Waals surface area contributed by atoms with Crippen LogP contribution in [0.4, 0.5) is 0 Å². The van der Waals surface area contributed by atoms with E-state index < -0.39 is 6.10 Å². The minimum absolute atomic E-state index is 0.0879. The molecule has 1 unspecified atom stereocenters. The molecule has 0 radical (unpaired) electrons. The van der Waals surface area contributed by atoms with Gasteiger partial charge in [-0.15, -0.1) is 0 Å². The minimum Gasteiger partial charge on any atom is -0.462 e. The number of allylic oxidation sites excluding steroid dienone is 16. The molecular weight excluding hydrogens is 865 g/mol. The Bertz CT molecular complexity index is 1400. The first-order valence-electron chi connectivity index (χ1n) is 29.2. The van der Waals surface area contributed by atoms with Gasteiger partial charge in [0.05, 0.1) is 0 Å². The van der Waals surface area contributed by atoms with Crippen LogP contribution in [0, 0.1) is 0 Å². The molecule has 0 aliphatic heterocycles. The molecule has 0 aromatic heterocycles. The molecule has 0 spiro atoms. The molecular formula is C64H108O6. The lowest BCUT2D eigenvalue weighted by Gasteiger charge is -2.18. The van der Waals surface area contributed by atoms with Crippen molar-refractivity contribution in [3.05, 3.63) is 97.2 Å². The Labute approximate surface area is 432 Å². The van der Waals surface area contributed by atoms with Crippen LogP contribution in [-0.4, -0.2) is 37.2 Å².